The first-order valence-corrected chi connectivity index (χ1v) is 7.14. The van der Waals surface area contributed by atoms with Crippen LogP contribution in [0.25, 0.3) is 10.8 Å². The summed E-state index contributed by atoms with van der Waals surface area (Å²) in [5.74, 6) is 2.39. The van der Waals surface area contributed by atoms with E-state index in [0.717, 1.165) is 29.6 Å². The topological polar surface area (TPSA) is 36.4 Å². The van der Waals surface area contributed by atoms with Gasteiger partial charge in [0, 0.05) is 30.0 Å². The van der Waals surface area contributed by atoms with E-state index < -0.39 is 0 Å². The molecule has 0 amide bonds. The van der Waals surface area contributed by atoms with Gasteiger partial charge in [0.15, 0.2) is 0 Å². The number of halogens is 1. The average molecular weight is 277 g/mol. The molecule has 2 unspecified atom stereocenters. The summed E-state index contributed by atoms with van der Waals surface area (Å²) in [6, 6.07) is 7.70. The lowest BCUT2D eigenvalue weighted by atomic mass is 10.0. The van der Waals surface area contributed by atoms with Crippen LogP contribution in [0.5, 0.6) is 5.75 Å². The second kappa shape index (κ2) is 4.89. The lowest BCUT2D eigenvalue weighted by Crippen LogP contribution is -2.34. The summed E-state index contributed by atoms with van der Waals surface area (Å²) >= 11 is 6.11. The maximum Gasteiger partial charge on any atom is 0.136 e. The van der Waals surface area contributed by atoms with E-state index in [1.54, 1.807) is 12.1 Å². The van der Waals surface area contributed by atoms with Crippen molar-refractivity contribution in [1.82, 2.24) is 4.98 Å². The number of hydrogen-bond donors (Lipinski definition) is 1. The van der Waals surface area contributed by atoms with Crippen molar-refractivity contribution in [3.05, 3.63) is 30.5 Å². The third-order valence-electron chi connectivity index (χ3n) is 4.04. The molecule has 0 saturated carbocycles. The summed E-state index contributed by atoms with van der Waals surface area (Å²) in [6.45, 7) is 3.20. The predicted octanol–water partition coefficient (Wildman–Crippen LogP) is 3.39. The zero-order valence-corrected chi connectivity index (χ0v) is 11.6. The summed E-state index contributed by atoms with van der Waals surface area (Å²) in [4.78, 5) is 6.80. The van der Waals surface area contributed by atoms with Gasteiger partial charge in [-0.2, -0.15) is 0 Å². The van der Waals surface area contributed by atoms with E-state index in [1.165, 1.54) is 0 Å². The first kappa shape index (κ1) is 12.5. The highest BCUT2D eigenvalue weighted by molar-refractivity contribution is 6.18. The number of benzene rings is 1. The number of phenols is 1. The maximum atomic E-state index is 9.70. The molecule has 2 atom stereocenters. The van der Waals surface area contributed by atoms with E-state index in [1.807, 2.05) is 18.3 Å². The van der Waals surface area contributed by atoms with Crippen LogP contribution in [0.2, 0.25) is 0 Å². The van der Waals surface area contributed by atoms with E-state index in [0.29, 0.717) is 17.8 Å². The molecule has 0 aliphatic carbocycles. The van der Waals surface area contributed by atoms with E-state index in [-0.39, 0.29) is 5.75 Å². The van der Waals surface area contributed by atoms with Crippen LogP contribution in [0, 0.1) is 5.92 Å². The highest BCUT2D eigenvalue weighted by Gasteiger charge is 2.32. The molecule has 0 bridgehead atoms. The van der Waals surface area contributed by atoms with E-state index >= 15 is 0 Å². The first-order valence-electron chi connectivity index (χ1n) is 6.61. The van der Waals surface area contributed by atoms with Crippen molar-refractivity contribution in [2.45, 2.75) is 19.4 Å². The van der Waals surface area contributed by atoms with Crippen molar-refractivity contribution in [3.63, 3.8) is 0 Å². The molecule has 3 nitrogen and oxygen atoms in total. The fourth-order valence-corrected chi connectivity index (χ4v) is 3.35. The Balaban J connectivity index is 2.12. The number of aromatic hydroxyl groups is 1. The number of pyridine rings is 1. The predicted molar refractivity (Wildman–Crippen MR) is 79.0 cm³/mol. The molecule has 0 radical (unpaired) electrons. The van der Waals surface area contributed by atoms with Gasteiger partial charge in [0.05, 0.1) is 0 Å². The third-order valence-corrected chi connectivity index (χ3v) is 4.36. The zero-order chi connectivity index (χ0) is 13.4. The normalized spacial score (nSPS) is 23.2. The number of phenolic OH excluding ortho intramolecular Hbond substituents is 1. The second-order valence-corrected chi connectivity index (χ2v) is 5.53. The number of nitrogens with zero attached hydrogens (tertiary/aromatic N) is 2. The Morgan fingerprint density at radius 3 is 3.05 bits per heavy atom. The molecule has 1 aromatic carbocycles. The van der Waals surface area contributed by atoms with Crippen molar-refractivity contribution in [1.29, 1.82) is 0 Å². The Hall–Kier alpha value is -1.48. The Morgan fingerprint density at radius 2 is 2.26 bits per heavy atom. The number of hydrogen-bond acceptors (Lipinski definition) is 3. The summed E-state index contributed by atoms with van der Waals surface area (Å²) in [5.41, 5.74) is 0. The van der Waals surface area contributed by atoms with Crippen LogP contribution in [-0.4, -0.2) is 28.6 Å². The molecule has 1 fully saturated rings. The highest BCUT2D eigenvalue weighted by Crippen LogP contribution is 2.34. The minimum atomic E-state index is 0.274. The van der Waals surface area contributed by atoms with Gasteiger partial charge in [-0.05, 0) is 35.9 Å². The van der Waals surface area contributed by atoms with E-state index in [4.69, 9.17) is 11.6 Å². The minimum Gasteiger partial charge on any atom is -0.508 e. The fraction of sp³-hybridized carbons (Fsp3) is 0.400. The lowest BCUT2D eigenvalue weighted by molar-refractivity contribution is 0.476. The van der Waals surface area contributed by atoms with Crippen molar-refractivity contribution in [3.8, 4) is 5.75 Å². The molecule has 0 spiro atoms. The van der Waals surface area contributed by atoms with Gasteiger partial charge in [-0.15, -0.1) is 11.6 Å². The fourth-order valence-electron chi connectivity index (χ4n) is 2.88. The number of alkyl halides is 1. The van der Waals surface area contributed by atoms with Gasteiger partial charge in [0.2, 0.25) is 0 Å². The molecule has 4 heteroatoms. The van der Waals surface area contributed by atoms with Crippen molar-refractivity contribution < 1.29 is 5.11 Å². The first-order chi connectivity index (χ1) is 9.20. The van der Waals surface area contributed by atoms with Gasteiger partial charge in [0.25, 0.3) is 0 Å². The quantitative estimate of drug-likeness (QED) is 0.854. The van der Waals surface area contributed by atoms with Crippen LogP contribution in [-0.2, 0) is 0 Å². The van der Waals surface area contributed by atoms with Gasteiger partial charge in [-0.1, -0.05) is 13.0 Å². The summed E-state index contributed by atoms with van der Waals surface area (Å²) < 4.78 is 0. The van der Waals surface area contributed by atoms with Crippen LogP contribution in [0.15, 0.2) is 30.5 Å². The summed E-state index contributed by atoms with van der Waals surface area (Å²) in [6.07, 6.45) is 2.96. The Kier molecular flexibility index (Phi) is 3.23. The van der Waals surface area contributed by atoms with Crippen LogP contribution in [0.3, 0.4) is 0 Å². The molecular formula is C15H17ClN2O. The van der Waals surface area contributed by atoms with Gasteiger partial charge >= 0.3 is 0 Å². The lowest BCUT2D eigenvalue weighted by Gasteiger charge is -2.27. The van der Waals surface area contributed by atoms with Crippen molar-refractivity contribution in [2.24, 2.45) is 5.92 Å². The van der Waals surface area contributed by atoms with Gasteiger partial charge in [-0.3, -0.25) is 0 Å². The molecule has 1 aliphatic rings. The van der Waals surface area contributed by atoms with Crippen LogP contribution in [0.4, 0.5) is 5.82 Å². The second-order valence-electron chi connectivity index (χ2n) is 5.22. The number of fused-ring (bicyclic) bond motifs is 1. The number of aromatic nitrogens is 1. The smallest absolute Gasteiger partial charge is 0.136 e. The molecule has 3 rings (SSSR count). The Morgan fingerprint density at radius 1 is 1.42 bits per heavy atom. The zero-order valence-electron chi connectivity index (χ0n) is 10.9. The van der Waals surface area contributed by atoms with Crippen molar-refractivity contribution in [2.75, 3.05) is 17.3 Å². The minimum absolute atomic E-state index is 0.274. The van der Waals surface area contributed by atoms with Crippen LogP contribution >= 0.6 is 11.6 Å². The summed E-state index contributed by atoms with van der Waals surface area (Å²) in [5, 5.41) is 11.8. The molecule has 2 aromatic rings. The Bertz CT molecular complexity index is 602. The SMILES string of the molecule is CC1CCN(c2nccc3ccc(O)cc23)C1CCl. The Labute approximate surface area is 117 Å². The molecule has 1 N–H and O–H groups in total. The third kappa shape index (κ3) is 2.12. The van der Waals surface area contributed by atoms with Gasteiger partial charge < -0.3 is 10.0 Å². The molecule has 2 heterocycles. The number of anilines is 1. The molecule has 1 aliphatic heterocycles. The number of rotatable bonds is 2. The van der Waals surface area contributed by atoms with Gasteiger partial charge in [0.1, 0.15) is 11.6 Å². The van der Waals surface area contributed by atoms with Gasteiger partial charge in [-0.25, -0.2) is 4.98 Å². The molecule has 19 heavy (non-hydrogen) atoms. The standard InChI is InChI=1S/C15H17ClN2O/c1-10-5-7-18(14(10)9-16)15-13-8-12(19)3-2-11(13)4-6-17-15/h2-4,6,8,10,14,19H,5,7,9H2,1H3. The maximum absolute atomic E-state index is 9.70. The van der Waals surface area contributed by atoms with Crippen LogP contribution < -0.4 is 4.90 Å². The molecule has 1 saturated heterocycles. The van der Waals surface area contributed by atoms with E-state index in [9.17, 15) is 5.11 Å². The highest BCUT2D eigenvalue weighted by atomic mass is 35.5. The average Bonchev–Trinajstić information content (AvgIpc) is 2.79. The summed E-state index contributed by atoms with van der Waals surface area (Å²) in [7, 11) is 0. The van der Waals surface area contributed by atoms with E-state index in [2.05, 4.69) is 16.8 Å². The largest absolute Gasteiger partial charge is 0.508 e. The van der Waals surface area contributed by atoms with Crippen molar-refractivity contribution >= 4 is 28.2 Å². The monoisotopic (exact) mass is 276 g/mol. The molecule has 100 valence electrons. The van der Waals surface area contributed by atoms with Crippen LogP contribution in [0.1, 0.15) is 13.3 Å². The molecule has 1 aromatic heterocycles. The molecular weight excluding hydrogens is 260 g/mol.